The number of benzene rings is 3. The van der Waals surface area contributed by atoms with Crippen LogP contribution in [0, 0.1) is 5.92 Å². The highest BCUT2D eigenvalue weighted by Gasteiger charge is 2.43. The number of anilines is 1. The first-order valence-electron chi connectivity index (χ1n) is 13.3. The number of hydrogen-bond donors (Lipinski definition) is 1. The maximum atomic E-state index is 13.9. The molecule has 3 atom stereocenters. The number of carbonyl (C=O) groups excluding carboxylic acids is 1. The van der Waals surface area contributed by atoms with E-state index in [1.807, 2.05) is 53.4 Å². The zero-order valence-electron chi connectivity index (χ0n) is 22.3. The second-order valence-corrected chi connectivity index (χ2v) is 12.5. The Hall–Kier alpha value is -2.51. The summed E-state index contributed by atoms with van der Waals surface area (Å²) in [4.78, 5) is 16.6. The fraction of sp³-hybridized carbons (Fsp3) is 0.323. The largest absolute Gasteiger partial charge is 0.493 e. The number of nitrogens with zero attached hydrogens (tertiary/aromatic N) is 1. The fourth-order valence-electron chi connectivity index (χ4n) is 5.27. The van der Waals surface area contributed by atoms with Crippen LogP contribution >= 0.6 is 46.6 Å². The van der Waals surface area contributed by atoms with Crippen LogP contribution < -0.4 is 14.8 Å². The van der Waals surface area contributed by atoms with Crippen LogP contribution in [0.15, 0.2) is 65.6 Å². The molecule has 0 spiro atoms. The zero-order valence-corrected chi connectivity index (χ0v) is 25.4. The minimum Gasteiger partial charge on any atom is -0.493 e. The van der Waals surface area contributed by atoms with Crippen molar-refractivity contribution in [2.24, 2.45) is 5.92 Å². The number of amides is 1. The highest BCUT2D eigenvalue weighted by atomic mass is 35.5. The molecule has 3 aromatic rings. The fourth-order valence-corrected chi connectivity index (χ4v) is 7.22. The Balaban J connectivity index is 1.41. The number of rotatable bonds is 8. The van der Waals surface area contributed by atoms with E-state index in [-0.39, 0.29) is 24.1 Å². The molecule has 210 valence electrons. The number of ether oxygens (including phenoxy) is 2. The molecule has 40 heavy (non-hydrogen) atoms. The number of nitrogens with one attached hydrogen (secondary N) is 1. The molecule has 1 saturated carbocycles. The molecule has 1 heterocycles. The van der Waals surface area contributed by atoms with E-state index in [9.17, 15) is 4.79 Å². The van der Waals surface area contributed by atoms with Gasteiger partial charge in [0.05, 0.1) is 17.0 Å². The summed E-state index contributed by atoms with van der Waals surface area (Å²) in [5.41, 5.74) is 2.31. The van der Waals surface area contributed by atoms with E-state index in [2.05, 4.69) is 12.2 Å². The molecular formula is C31H31Cl3N2O3S. The molecule has 5 nitrogen and oxygen atoms in total. The lowest BCUT2D eigenvalue weighted by molar-refractivity contribution is -0.129. The van der Waals surface area contributed by atoms with E-state index < -0.39 is 0 Å². The van der Waals surface area contributed by atoms with Gasteiger partial charge in [-0.15, -0.1) is 0 Å². The van der Waals surface area contributed by atoms with Crippen molar-refractivity contribution < 1.29 is 14.3 Å². The van der Waals surface area contributed by atoms with E-state index in [4.69, 9.17) is 44.3 Å². The second-order valence-electron chi connectivity index (χ2n) is 10.1. The topological polar surface area (TPSA) is 50.8 Å². The van der Waals surface area contributed by atoms with Gasteiger partial charge in [-0.05, 0) is 66.8 Å². The molecule has 1 aliphatic carbocycles. The third kappa shape index (κ3) is 6.52. The summed E-state index contributed by atoms with van der Waals surface area (Å²) in [6.07, 6.45) is 6.37. The van der Waals surface area contributed by atoms with Crippen molar-refractivity contribution in [3.63, 3.8) is 0 Å². The van der Waals surface area contributed by atoms with Crippen molar-refractivity contribution in [3.05, 3.63) is 91.8 Å². The van der Waals surface area contributed by atoms with Crippen LogP contribution in [0.2, 0.25) is 15.1 Å². The molecule has 0 radical (unpaired) electrons. The van der Waals surface area contributed by atoms with E-state index in [0.29, 0.717) is 37.4 Å². The van der Waals surface area contributed by atoms with E-state index in [1.54, 1.807) is 25.3 Å². The summed E-state index contributed by atoms with van der Waals surface area (Å²) in [5, 5.41) is 5.02. The van der Waals surface area contributed by atoms with Gasteiger partial charge in [0.1, 0.15) is 6.61 Å². The summed E-state index contributed by atoms with van der Waals surface area (Å²) >= 11 is 20.5. The van der Waals surface area contributed by atoms with E-state index in [0.717, 1.165) is 36.1 Å². The first-order chi connectivity index (χ1) is 19.3. The van der Waals surface area contributed by atoms with Crippen molar-refractivity contribution in [2.75, 3.05) is 12.4 Å². The molecule has 2 fully saturated rings. The highest BCUT2D eigenvalue weighted by Crippen LogP contribution is 2.44. The van der Waals surface area contributed by atoms with Gasteiger partial charge in [-0.3, -0.25) is 4.79 Å². The van der Waals surface area contributed by atoms with Gasteiger partial charge in [-0.25, -0.2) is 0 Å². The third-order valence-corrected chi connectivity index (χ3v) is 9.34. The summed E-state index contributed by atoms with van der Waals surface area (Å²) in [6.45, 7) is 2.45. The monoisotopic (exact) mass is 616 g/mol. The van der Waals surface area contributed by atoms with Crippen LogP contribution in [0.5, 0.6) is 11.5 Å². The molecule has 5 rings (SSSR count). The molecule has 9 heteroatoms. The Bertz CT molecular complexity index is 1400. The predicted molar refractivity (Wildman–Crippen MR) is 166 cm³/mol. The number of methoxy groups -OCH3 is 1. The maximum absolute atomic E-state index is 13.9. The Morgan fingerprint density at radius 2 is 1.80 bits per heavy atom. The van der Waals surface area contributed by atoms with Crippen molar-refractivity contribution >= 4 is 64.2 Å². The highest BCUT2D eigenvalue weighted by molar-refractivity contribution is 8.05. The standard InChI is InChI=1S/C31H31Cl3N2O3S/c1-19-8-6-7-11-26(19)36-30(37)28(40-31(36)35-23-9-4-3-5-10-23)16-20-14-25(34)29(27(15-20)38-2)39-18-21-12-13-22(32)17-24(21)33/h3-5,9-10,12-17,19,26,31,35H,6-8,11,18H2,1-2H3/b28-16-/t19-,26+,31?/m1/s1. The number of carbonyl (C=O) groups is 1. The van der Waals surface area contributed by atoms with Gasteiger partial charge in [0, 0.05) is 27.3 Å². The summed E-state index contributed by atoms with van der Waals surface area (Å²) < 4.78 is 11.6. The summed E-state index contributed by atoms with van der Waals surface area (Å²) in [6, 6.07) is 19.1. The first-order valence-corrected chi connectivity index (χ1v) is 15.3. The lowest BCUT2D eigenvalue weighted by atomic mass is 9.85. The van der Waals surface area contributed by atoms with Crippen LogP contribution in [-0.4, -0.2) is 29.5 Å². The SMILES string of the molecule is COc1cc(/C=C2\SC(Nc3ccccc3)N([C@H]3CCCC[C@H]3C)C2=O)cc(Cl)c1OCc1ccc(Cl)cc1Cl. The molecule has 1 aliphatic heterocycles. The van der Waals surface area contributed by atoms with Crippen molar-refractivity contribution in [1.29, 1.82) is 0 Å². The molecule has 0 aromatic heterocycles. The van der Waals surface area contributed by atoms with Crippen LogP contribution in [0.1, 0.15) is 43.7 Å². The Labute approximate surface area is 254 Å². The van der Waals surface area contributed by atoms with Gasteiger partial charge in [0.2, 0.25) is 0 Å². The van der Waals surface area contributed by atoms with Gasteiger partial charge in [0.15, 0.2) is 17.0 Å². The molecule has 1 saturated heterocycles. The van der Waals surface area contributed by atoms with Crippen molar-refractivity contribution in [1.82, 2.24) is 4.90 Å². The molecule has 3 aromatic carbocycles. The number of thioether (sulfide) groups is 1. The zero-order chi connectivity index (χ0) is 28.2. The molecular weight excluding hydrogens is 587 g/mol. The minimum absolute atomic E-state index is 0.0324. The van der Waals surface area contributed by atoms with Gasteiger partial charge >= 0.3 is 0 Å². The molecule has 1 N–H and O–H groups in total. The van der Waals surface area contributed by atoms with Crippen LogP contribution in [0.3, 0.4) is 0 Å². The number of hydrogen-bond acceptors (Lipinski definition) is 5. The second kappa shape index (κ2) is 13.0. The molecule has 1 amide bonds. The predicted octanol–water partition coefficient (Wildman–Crippen LogP) is 9.13. The normalized spacial score (nSPS) is 22.0. The quantitative estimate of drug-likeness (QED) is 0.256. The van der Waals surface area contributed by atoms with E-state index in [1.165, 1.54) is 18.2 Å². The molecule has 2 aliphatic rings. The first kappa shape index (κ1) is 29.0. The average Bonchev–Trinajstić information content (AvgIpc) is 3.23. The van der Waals surface area contributed by atoms with E-state index >= 15 is 0 Å². The Morgan fingerprint density at radius 3 is 2.52 bits per heavy atom. The van der Waals surface area contributed by atoms with Crippen LogP contribution in [0.25, 0.3) is 6.08 Å². The van der Waals surface area contributed by atoms with Crippen LogP contribution in [0.4, 0.5) is 5.69 Å². The van der Waals surface area contributed by atoms with Crippen molar-refractivity contribution in [2.45, 2.75) is 50.8 Å². The average molecular weight is 618 g/mol. The van der Waals surface area contributed by atoms with Gasteiger partial charge < -0.3 is 19.7 Å². The Kier molecular flexibility index (Phi) is 9.41. The van der Waals surface area contributed by atoms with Gasteiger partial charge in [0.25, 0.3) is 5.91 Å². The smallest absolute Gasteiger partial charge is 0.262 e. The number of halogens is 3. The van der Waals surface area contributed by atoms with Crippen LogP contribution in [-0.2, 0) is 11.4 Å². The number of para-hydroxylation sites is 1. The maximum Gasteiger partial charge on any atom is 0.262 e. The van der Waals surface area contributed by atoms with Gasteiger partial charge in [-0.1, -0.05) is 90.6 Å². The minimum atomic E-state index is -0.198. The summed E-state index contributed by atoms with van der Waals surface area (Å²) in [5.74, 6) is 1.35. The van der Waals surface area contributed by atoms with Crippen molar-refractivity contribution in [3.8, 4) is 11.5 Å². The Morgan fingerprint density at radius 1 is 1.02 bits per heavy atom. The molecule has 1 unspecified atom stereocenters. The lowest BCUT2D eigenvalue weighted by Crippen LogP contribution is -2.48. The lowest BCUT2D eigenvalue weighted by Gasteiger charge is -2.39. The molecule has 0 bridgehead atoms. The summed E-state index contributed by atoms with van der Waals surface area (Å²) in [7, 11) is 1.56. The van der Waals surface area contributed by atoms with Gasteiger partial charge in [-0.2, -0.15) is 0 Å². The third-order valence-electron chi connectivity index (χ3n) is 7.36.